The van der Waals surface area contributed by atoms with E-state index in [2.05, 4.69) is 10.3 Å². The van der Waals surface area contributed by atoms with Crippen LogP contribution in [0, 0.1) is 5.92 Å². The molecule has 0 bridgehead atoms. The monoisotopic (exact) mass is 431 g/mol. The van der Waals surface area contributed by atoms with Gasteiger partial charge in [-0.2, -0.15) is 4.31 Å². The van der Waals surface area contributed by atoms with E-state index in [1.165, 1.54) is 10.4 Å². The first-order valence-electron chi connectivity index (χ1n) is 10.1. The second kappa shape index (κ2) is 9.01. The number of piperidine rings is 1. The minimum atomic E-state index is -3.64. The molecule has 0 aliphatic carbocycles. The minimum absolute atomic E-state index is 0.0256. The van der Waals surface area contributed by atoms with Gasteiger partial charge in [-0.3, -0.25) is 9.78 Å². The molecule has 30 heavy (non-hydrogen) atoms. The lowest BCUT2D eigenvalue weighted by molar-refractivity contribution is -0.126. The van der Waals surface area contributed by atoms with Crippen LogP contribution in [-0.4, -0.2) is 56.5 Å². The van der Waals surface area contributed by atoms with E-state index in [1.54, 1.807) is 18.3 Å². The summed E-state index contributed by atoms with van der Waals surface area (Å²) in [4.78, 5) is 16.9. The number of rotatable bonds is 6. The van der Waals surface area contributed by atoms with Gasteiger partial charge in [-0.25, -0.2) is 8.42 Å². The number of carbonyl (C=O) groups excluding carboxylic acids is 1. The molecule has 1 saturated heterocycles. The number of nitrogens with zero attached hydrogens (tertiary/aromatic N) is 2. The van der Waals surface area contributed by atoms with Crippen molar-refractivity contribution in [3.8, 4) is 11.5 Å². The maximum atomic E-state index is 13.0. The van der Waals surface area contributed by atoms with Gasteiger partial charge in [0.2, 0.25) is 15.9 Å². The first kappa shape index (κ1) is 20.6. The summed E-state index contributed by atoms with van der Waals surface area (Å²) in [6.07, 6.45) is 3.40. The van der Waals surface area contributed by atoms with E-state index in [-0.39, 0.29) is 16.7 Å². The predicted octanol–water partition coefficient (Wildman–Crippen LogP) is 1.61. The van der Waals surface area contributed by atoms with Crippen molar-refractivity contribution < 1.29 is 22.7 Å². The van der Waals surface area contributed by atoms with Crippen LogP contribution in [0.2, 0.25) is 0 Å². The fourth-order valence-corrected chi connectivity index (χ4v) is 5.18. The van der Waals surface area contributed by atoms with E-state index in [1.807, 2.05) is 18.2 Å². The molecule has 1 N–H and O–H groups in total. The van der Waals surface area contributed by atoms with Crippen LogP contribution in [0.5, 0.6) is 11.5 Å². The molecule has 3 heterocycles. The molecule has 9 heteroatoms. The smallest absolute Gasteiger partial charge is 0.243 e. The Bertz CT molecular complexity index is 989. The molecule has 1 aromatic heterocycles. The van der Waals surface area contributed by atoms with E-state index < -0.39 is 10.0 Å². The van der Waals surface area contributed by atoms with Gasteiger partial charge in [0.15, 0.2) is 11.5 Å². The molecular formula is C21H25N3O5S. The Hall–Kier alpha value is -2.65. The molecule has 1 fully saturated rings. The number of nitrogens with one attached hydrogen (secondary N) is 1. The van der Waals surface area contributed by atoms with E-state index in [9.17, 15) is 13.2 Å². The maximum Gasteiger partial charge on any atom is 0.243 e. The third-order valence-corrected chi connectivity index (χ3v) is 7.28. The molecule has 0 spiro atoms. The molecular weight excluding hydrogens is 406 g/mol. The number of sulfonamides is 1. The van der Waals surface area contributed by atoms with Crippen LogP contribution in [0.4, 0.5) is 0 Å². The summed E-state index contributed by atoms with van der Waals surface area (Å²) in [6, 6.07) is 10.4. The van der Waals surface area contributed by atoms with Crippen LogP contribution in [0.15, 0.2) is 47.5 Å². The summed E-state index contributed by atoms with van der Waals surface area (Å²) >= 11 is 0. The fraction of sp³-hybridized carbons (Fsp3) is 0.429. The summed E-state index contributed by atoms with van der Waals surface area (Å²) in [5.74, 6) is 0.800. The second-order valence-corrected chi connectivity index (χ2v) is 9.28. The Morgan fingerprint density at radius 1 is 1.10 bits per heavy atom. The van der Waals surface area contributed by atoms with Crippen LogP contribution in [-0.2, 0) is 21.2 Å². The zero-order valence-electron chi connectivity index (χ0n) is 16.6. The fourth-order valence-electron chi connectivity index (χ4n) is 3.70. The highest BCUT2D eigenvalue weighted by Crippen LogP contribution is 2.34. The van der Waals surface area contributed by atoms with Gasteiger partial charge in [0.1, 0.15) is 13.2 Å². The van der Waals surface area contributed by atoms with Crippen LogP contribution in [0.1, 0.15) is 18.5 Å². The van der Waals surface area contributed by atoms with E-state index in [0.717, 1.165) is 5.69 Å². The average Bonchev–Trinajstić information content (AvgIpc) is 2.79. The molecule has 2 aliphatic rings. The molecule has 1 aromatic carbocycles. The summed E-state index contributed by atoms with van der Waals surface area (Å²) in [5, 5.41) is 2.94. The third kappa shape index (κ3) is 4.57. The molecule has 4 rings (SSSR count). The summed E-state index contributed by atoms with van der Waals surface area (Å²) in [7, 11) is -3.64. The Labute approximate surface area is 176 Å². The summed E-state index contributed by atoms with van der Waals surface area (Å²) in [5.41, 5.74) is 0.929. The number of benzene rings is 1. The number of amides is 1. The number of hydrogen-bond donors (Lipinski definition) is 1. The van der Waals surface area contributed by atoms with Crippen molar-refractivity contribution in [3.63, 3.8) is 0 Å². The summed E-state index contributed by atoms with van der Waals surface area (Å²) in [6.45, 7) is 2.00. The van der Waals surface area contributed by atoms with Crippen molar-refractivity contribution in [3.05, 3.63) is 48.3 Å². The van der Waals surface area contributed by atoms with Gasteiger partial charge in [-0.15, -0.1) is 0 Å². The minimum Gasteiger partial charge on any atom is -0.486 e. The van der Waals surface area contributed by atoms with Gasteiger partial charge in [-0.1, -0.05) is 6.07 Å². The van der Waals surface area contributed by atoms with Gasteiger partial charge in [0.05, 0.1) is 4.90 Å². The van der Waals surface area contributed by atoms with Crippen molar-refractivity contribution in [2.75, 3.05) is 32.8 Å². The number of carbonyl (C=O) groups is 1. The van der Waals surface area contributed by atoms with E-state index in [0.29, 0.717) is 63.6 Å². The van der Waals surface area contributed by atoms with Crippen LogP contribution < -0.4 is 14.8 Å². The molecule has 0 unspecified atom stereocenters. The number of fused-ring (bicyclic) bond motifs is 1. The SMILES string of the molecule is O=C(NCCc1ccccn1)C1CCN(S(=O)(=O)c2ccc3c(c2)OCCO3)CC1. The largest absolute Gasteiger partial charge is 0.486 e. The molecule has 0 saturated carbocycles. The van der Waals surface area contributed by atoms with Crippen molar-refractivity contribution >= 4 is 15.9 Å². The Morgan fingerprint density at radius 3 is 2.60 bits per heavy atom. The second-order valence-electron chi connectivity index (χ2n) is 7.35. The molecule has 0 atom stereocenters. The Morgan fingerprint density at radius 2 is 1.87 bits per heavy atom. The molecule has 2 aromatic rings. The van der Waals surface area contributed by atoms with Gasteiger partial charge < -0.3 is 14.8 Å². The van der Waals surface area contributed by atoms with Gasteiger partial charge in [0, 0.05) is 49.9 Å². The lowest BCUT2D eigenvalue weighted by Gasteiger charge is -2.30. The quantitative estimate of drug-likeness (QED) is 0.746. The van der Waals surface area contributed by atoms with Crippen LogP contribution in [0.3, 0.4) is 0 Å². The van der Waals surface area contributed by atoms with E-state index in [4.69, 9.17) is 9.47 Å². The molecule has 8 nitrogen and oxygen atoms in total. The van der Waals surface area contributed by atoms with Gasteiger partial charge >= 0.3 is 0 Å². The van der Waals surface area contributed by atoms with Crippen molar-refractivity contribution in [1.82, 2.24) is 14.6 Å². The highest BCUT2D eigenvalue weighted by Gasteiger charge is 2.32. The number of ether oxygens (including phenoxy) is 2. The van der Waals surface area contributed by atoms with Crippen molar-refractivity contribution in [2.45, 2.75) is 24.2 Å². The van der Waals surface area contributed by atoms with Crippen LogP contribution >= 0.6 is 0 Å². The Balaban J connectivity index is 1.30. The first-order chi connectivity index (χ1) is 14.5. The molecule has 0 radical (unpaired) electrons. The first-order valence-corrected chi connectivity index (χ1v) is 11.6. The van der Waals surface area contributed by atoms with Gasteiger partial charge in [-0.05, 0) is 37.1 Å². The Kier molecular flexibility index (Phi) is 6.19. The zero-order chi connectivity index (χ0) is 21.0. The zero-order valence-corrected chi connectivity index (χ0v) is 17.4. The molecule has 1 amide bonds. The van der Waals surface area contributed by atoms with E-state index >= 15 is 0 Å². The molecule has 160 valence electrons. The lowest BCUT2D eigenvalue weighted by Crippen LogP contribution is -2.43. The van der Waals surface area contributed by atoms with Crippen molar-refractivity contribution in [1.29, 1.82) is 0 Å². The maximum absolute atomic E-state index is 13.0. The highest BCUT2D eigenvalue weighted by atomic mass is 32.2. The number of aromatic nitrogens is 1. The topological polar surface area (TPSA) is 97.8 Å². The predicted molar refractivity (Wildman–Crippen MR) is 110 cm³/mol. The van der Waals surface area contributed by atoms with Crippen molar-refractivity contribution in [2.24, 2.45) is 5.92 Å². The lowest BCUT2D eigenvalue weighted by atomic mass is 9.97. The van der Waals surface area contributed by atoms with Gasteiger partial charge in [0.25, 0.3) is 0 Å². The molecule has 2 aliphatic heterocycles. The normalized spacial score (nSPS) is 17.5. The average molecular weight is 432 g/mol. The highest BCUT2D eigenvalue weighted by molar-refractivity contribution is 7.89. The van der Waals surface area contributed by atoms with Crippen LogP contribution in [0.25, 0.3) is 0 Å². The standard InChI is InChI=1S/C21H25N3O5S/c25-21(23-10-6-17-3-1-2-9-22-17)16-7-11-24(12-8-16)30(26,27)18-4-5-19-20(15-18)29-14-13-28-19/h1-5,9,15-16H,6-8,10-14H2,(H,23,25). The number of hydrogen-bond acceptors (Lipinski definition) is 6. The third-order valence-electron chi connectivity index (χ3n) is 5.38. The summed E-state index contributed by atoms with van der Waals surface area (Å²) < 4.78 is 38.4. The number of pyridine rings is 1.